The third-order valence-corrected chi connectivity index (χ3v) is 9.36. The average Bonchev–Trinajstić information content (AvgIpc) is 3.37. The second-order valence-electron chi connectivity index (χ2n) is 8.82. The summed E-state index contributed by atoms with van der Waals surface area (Å²) in [6, 6.07) is 11.5. The predicted molar refractivity (Wildman–Crippen MR) is 144 cm³/mol. The van der Waals surface area contributed by atoms with Crippen LogP contribution in [0.2, 0.25) is 0 Å². The SMILES string of the molecule is N=S1(=O)CCCCNc2nc(ncc2NCCCNS(=O)(=O)c2ccc3c(c2)OCO3)Nc2cccc1c2. The number of nitrogens with zero attached hydrogens (tertiary/aromatic N) is 2. The number of rotatable bonds is 7. The Balaban J connectivity index is 1.20. The van der Waals surface area contributed by atoms with Gasteiger partial charge in [0.2, 0.25) is 22.8 Å². The van der Waals surface area contributed by atoms with Crippen LogP contribution in [0.5, 0.6) is 11.5 Å². The molecule has 1 aromatic heterocycles. The first-order chi connectivity index (χ1) is 18.3. The second kappa shape index (κ2) is 11.0. The van der Waals surface area contributed by atoms with Gasteiger partial charge in [-0.05, 0) is 49.6 Å². The van der Waals surface area contributed by atoms with Gasteiger partial charge in [-0.25, -0.2) is 27.1 Å². The van der Waals surface area contributed by atoms with Gasteiger partial charge >= 0.3 is 0 Å². The van der Waals surface area contributed by atoms with E-state index < -0.39 is 19.8 Å². The van der Waals surface area contributed by atoms with Gasteiger partial charge in [0.05, 0.1) is 26.5 Å². The smallest absolute Gasteiger partial charge is 0.240 e. The van der Waals surface area contributed by atoms with E-state index in [1.165, 1.54) is 12.1 Å². The molecule has 0 radical (unpaired) electrons. The molecule has 202 valence electrons. The lowest BCUT2D eigenvalue weighted by Crippen LogP contribution is -2.26. The fourth-order valence-corrected chi connectivity index (χ4v) is 6.57. The first-order valence-corrected chi connectivity index (χ1v) is 15.4. The van der Waals surface area contributed by atoms with Crippen molar-refractivity contribution < 1.29 is 22.1 Å². The summed E-state index contributed by atoms with van der Waals surface area (Å²) in [7, 11) is -6.56. The lowest BCUT2D eigenvalue weighted by molar-refractivity contribution is 0.174. The molecule has 2 aliphatic rings. The molecule has 0 aliphatic carbocycles. The van der Waals surface area contributed by atoms with Crippen LogP contribution in [-0.2, 0) is 19.8 Å². The van der Waals surface area contributed by atoms with Crippen LogP contribution in [0.4, 0.5) is 23.1 Å². The number of sulfonamides is 1. The number of ether oxygens (including phenoxy) is 2. The van der Waals surface area contributed by atoms with Crippen LogP contribution in [0.15, 0.2) is 58.5 Å². The van der Waals surface area contributed by atoms with Crippen molar-refractivity contribution in [3.8, 4) is 11.5 Å². The van der Waals surface area contributed by atoms with E-state index in [-0.39, 0.29) is 24.0 Å². The van der Waals surface area contributed by atoms with Gasteiger partial charge in [0, 0.05) is 42.0 Å². The zero-order valence-electron chi connectivity index (χ0n) is 20.5. The molecule has 0 spiro atoms. The van der Waals surface area contributed by atoms with Crippen LogP contribution >= 0.6 is 0 Å². The summed E-state index contributed by atoms with van der Waals surface area (Å²) >= 11 is 0. The fourth-order valence-electron chi connectivity index (χ4n) is 4.01. The van der Waals surface area contributed by atoms with Crippen LogP contribution < -0.4 is 30.1 Å². The predicted octanol–water partition coefficient (Wildman–Crippen LogP) is 3.34. The first kappa shape index (κ1) is 26.0. The number of aromatic nitrogens is 2. The molecular formula is C24H29N7O5S2. The molecule has 1 unspecified atom stereocenters. The minimum absolute atomic E-state index is 0.0790. The molecular weight excluding hydrogens is 530 g/mol. The molecule has 1 atom stereocenters. The number of fused-ring (bicyclic) bond motifs is 5. The summed E-state index contributed by atoms with van der Waals surface area (Å²) in [5.74, 6) is 2.19. The summed E-state index contributed by atoms with van der Waals surface area (Å²) in [6.45, 7) is 1.39. The second-order valence-corrected chi connectivity index (χ2v) is 12.8. The molecule has 0 amide bonds. The maximum atomic E-state index is 12.8. The molecule has 2 aliphatic heterocycles. The van der Waals surface area contributed by atoms with E-state index >= 15 is 0 Å². The van der Waals surface area contributed by atoms with E-state index in [1.807, 2.05) is 6.07 Å². The van der Waals surface area contributed by atoms with Gasteiger partial charge in [-0.15, -0.1) is 0 Å². The van der Waals surface area contributed by atoms with Gasteiger partial charge in [0.25, 0.3) is 0 Å². The maximum absolute atomic E-state index is 12.8. The van der Waals surface area contributed by atoms with Gasteiger partial charge in [-0.2, -0.15) is 4.98 Å². The molecule has 0 saturated carbocycles. The van der Waals surface area contributed by atoms with Crippen LogP contribution in [0.25, 0.3) is 0 Å². The molecule has 38 heavy (non-hydrogen) atoms. The molecule has 5 N–H and O–H groups in total. The fraction of sp³-hybridized carbons (Fsp3) is 0.333. The van der Waals surface area contributed by atoms with Crippen LogP contribution in [0.1, 0.15) is 19.3 Å². The summed E-state index contributed by atoms with van der Waals surface area (Å²) in [5.41, 5.74) is 1.34. The number of benzene rings is 2. The van der Waals surface area contributed by atoms with Crippen LogP contribution in [0, 0.1) is 4.78 Å². The Bertz CT molecular complexity index is 1530. The van der Waals surface area contributed by atoms with E-state index in [9.17, 15) is 12.6 Å². The van der Waals surface area contributed by atoms with Crippen molar-refractivity contribution in [3.05, 3.63) is 48.7 Å². The minimum Gasteiger partial charge on any atom is -0.454 e. The van der Waals surface area contributed by atoms with Crippen molar-refractivity contribution in [1.82, 2.24) is 14.7 Å². The van der Waals surface area contributed by atoms with Gasteiger partial charge in [0.15, 0.2) is 17.3 Å². The number of anilines is 4. The molecule has 2 aromatic carbocycles. The van der Waals surface area contributed by atoms with Crippen molar-refractivity contribution >= 4 is 42.9 Å². The average molecular weight is 560 g/mol. The summed E-state index contributed by atoms with van der Waals surface area (Å²) in [4.78, 5) is 9.57. The van der Waals surface area contributed by atoms with Crippen molar-refractivity contribution in [3.63, 3.8) is 0 Å². The normalized spacial score (nSPS) is 18.7. The Morgan fingerprint density at radius 3 is 2.84 bits per heavy atom. The molecule has 12 nitrogen and oxygen atoms in total. The van der Waals surface area contributed by atoms with Gasteiger partial charge in [0.1, 0.15) is 0 Å². The Labute approximate surface area is 221 Å². The zero-order chi connectivity index (χ0) is 26.6. The maximum Gasteiger partial charge on any atom is 0.240 e. The first-order valence-electron chi connectivity index (χ1n) is 12.2. The lowest BCUT2D eigenvalue weighted by Gasteiger charge is -2.14. The molecule has 0 fully saturated rings. The van der Waals surface area contributed by atoms with E-state index in [0.717, 1.165) is 6.42 Å². The van der Waals surface area contributed by atoms with Crippen LogP contribution in [0.3, 0.4) is 0 Å². The van der Waals surface area contributed by atoms with Gasteiger partial charge in [-0.3, -0.25) is 0 Å². The Kier molecular flexibility index (Phi) is 7.53. The Morgan fingerprint density at radius 2 is 1.95 bits per heavy atom. The van der Waals surface area contributed by atoms with Gasteiger partial charge < -0.3 is 25.4 Å². The third kappa shape index (κ3) is 6.09. The number of hydrogen-bond donors (Lipinski definition) is 5. The standard InChI is InChI=1S/C24H29N7O5S2/c25-37(32)12-2-1-9-27-23-20(15-28-24(31-23)30-17-5-3-6-18(37)13-17)26-10-4-11-29-38(33,34)19-7-8-21-22(14-19)36-16-35-21/h3,5-8,13-15,25-26,29H,1-2,4,9-12,16H2,(H2,27,28,30,31). The molecule has 4 bridgehead atoms. The van der Waals surface area contributed by atoms with E-state index in [0.29, 0.717) is 65.5 Å². The highest BCUT2D eigenvalue weighted by atomic mass is 32.2. The lowest BCUT2D eigenvalue weighted by atomic mass is 10.3. The summed E-state index contributed by atoms with van der Waals surface area (Å²) in [5, 5.41) is 9.68. The van der Waals surface area contributed by atoms with Crippen molar-refractivity contribution in [1.29, 1.82) is 4.78 Å². The minimum atomic E-state index is -3.68. The molecule has 14 heteroatoms. The molecule has 3 aromatic rings. The van der Waals surface area contributed by atoms with Crippen LogP contribution in [-0.4, -0.2) is 54.8 Å². The largest absolute Gasteiger partial charge is 0.454 e. The quantitative estimate of drug-likeness (QED) is 0.271. The third-order valence-electron chi connectivity index (χ3n) is 6.03. The monoisotopic (exact) mass is 559 g/mol. The molecule has 0 saturated heterocycles. The van der Waals surface area contributed by atoms with E-state index in [2.05, 4.69) is 30.6 Å². The van der Waals surface area contributed by atoms with E-state index in [1.54, 1.807) is 30.5 Å². The number of hydrogen-bond acceptors (Lipinski definition) is 11. The van der Waals surface area contributed by atoms with Gasteiger partial charge in [-0.1, -0.05) is 6.07 Å². The van der Waals surface area contributed by atoms with Crippen molar-refractivity contribution in [2.45, 2.75) is 29.1 Å². The van der Waals surface area contributed by atoms with E-state index in [4.69, 9.17) is 14.3 Å². The summed E-state index contributed by atoms with van der Waals surface area (Å²) < 4.78 is 59.5. The topological polar surface area (TPSA) is 167 Å². The molecule has 5 rings (SSSR count). The number of nitrogens with one attached hydrogen (secondary N) is 5. The Hall–Kier alpha value is -3.62. The highest BCUT2D eigenvalue weighted by Gasteiger charge is 2.20. The Morgan fingerprint density at radius 1 is 1.08 bits per heavy atom. The highest BCUT2D eigenvalue weighted by molar-refractivity contribution is 7.92. The summed E-state index contributed by atoms with van der Waals surface area (Å²) in [6.07, 6.45) is 3.54. The highest BCUT2D eigenvalue weighted by Crippen LogP contribution is 2.33. The van der Waals surface area contributed by atoms with Crippen molar-refractivity contribution in [2.24, 2.45) is 0 Å². The zero-order valence-corrected chi connectivity index (χ0v) is 22.2. The molecule has 3 heterocycles. The van der Waals surface area contributed by atoms with Crippen molar-refractivity contribution in [2.75, 3.05) is 48.1 Å².